The Morgan fingerprint density at radius 1 is 1.06 bits per heavy atom. The molecule has 0 aliphatic heterocycles. The number of hydrogen-bond acceptors (Lipinski definition) is 2. The zero-order chi connectivity index (χ0) is 12.0. The number of alkyl halides is 1. The second-order valence-corrected chi connectivity index (χ2v) is 3.78. The summed E-state index contributed by atoms with van der Waals surface area (Å²) in [6.07, 6.45) is 2.37. The molecule has 0 spiro atoms. The summed E-state index contributed by atoms with van der Waals surface area (Å²) in [6.45, 7) is 1.79. The van der Waals surface area contributed by atoms with Gasteiger partial charge in [0.05, 0.1) is 20.9 Å². The van der Waals surface area contributed by atoms with Crippen molar-refractivity contribution < 1.29 is 13.9 Å². The Morgan fingerprint density at radius 2 is 1.69 bits per heavy atom. The molecule has 1 aromatic rings. The van der Waals surface area contributed by atoms with Crippen LogP contribution in [0, 0.1) is 6.92 Å². The molecular weight excluding hydrogens is 207 g/mol. The van der Waals surface area contributed by atoms with Gasteiger partial charge in [-0.05, 0) is 49.4 Å². The summed E-state index contributed by atoms with van der Waals surface area (Å²) in [5.74, 6) is 1.48. The summed E-state index contributed by atoms with van der Waals surface area (Å²) < 4.78 is 22.5. The van der Waals surface area contributed by atoms with E-state index in [4.69, 9.17) is 9.47 Å². The quantitative estimate of drug-likeness (QED) is 0.693. The molecule has 0 aromatic heterocycles. The summed E-state index contributed by atoms with van der Waals surface area (Å²) in [4.78, 5) is 0. The lowest BCUT2D eigenvalue weighted by Gasteiger charge is -2.12. The van der Waals surface area contributed by atoms with Gasteiger partial charge in [-0.25, -0.2) is 0 Å². The molecule has 0 radical (unpaired) electrons. The fourth-order valence-electron chi connectivity index (χ4n) is 1.70. The predicted octanol–water partition coefficient (Wildman–Crippen LogP) is 3.30. The van der Waals surface area contributed by atoms with Crippen molar-refractivity contribution in [3.8, 4) is 11.5 Å². The van der Waals surface area contributed by atoms with Crippen LogP contribution in [-0.4, -0.2) is 20.9 Å². The lowest BCUT2D eigenvalue weighted by Crippen LogP contribution is -1.96. The highest BCUT2D eigenvalue weighted by molar-refractivity contribution is 5.47. The zero-order valence-corrected chi connectivity index (χ0v) is 10.2. The maximum atomic E-state index is 12.0. The number of methoxy groups -OCH3 is 2. The van der Waals surface area contributed by atoms with E-state index in [1.165, 1.54) is 5.56 Å². The topological polar surface area (TPSA) is 18.5 Å². The molecule has 0 amide bonds. The highest BCUT2D eigenvalue weighted by Crippen LogP contribution is 2.30. The van der Waals surface area contributed by atoms with E-state index >= 15 is 0 Å². The molecule has 0 saturated carbocycles. The molecule has 16 heavy (non-hydrogen) atoms. The van der Waals surface area contributed by atoms with Gasteiger partial charge in [0, 0.05) is 0 Å². The first-order valence-electron chi connectivity index (χ1n) is 5.50. The number of benzene rings is 1. The van der Waals surface area contributed by atoms with Crippen LogP contribution < -0.4 is 9.47 Å². The number of halogens is 1. The summed E-state index contributed by atoms with van der Waals surface area (Å²) in [5, 5.41) is 0. The molecule has 0 aliphatic rings. The van der Waals surface area contributed by atoms with E-state index in [1.807, 2.05) is 19.1 Å². The third-order valence-corrected chi connectivity index (χ3v) is 2.67. The normalized spacial score (nSPS) is 10.2. The Labute approximate surface area is 96.4 Å². The van der Waals surface area contributed by atoms with Crippen LogP contribution in [0.1, 0.15) is 24.0 Å². The van der Waals surface area contributed by atoms with Crippen molar-refractivity contribution in [1.29, 1.82) is 0 Å². The van der Waals surface area contributed by atoms with E-state index in [9.17, 15) is 4.39 Å². The SMILES string of the molecule is COc1cc(C)c(CCCCF)cc1OC. The van der Waals surface area contributed by atoms with E-state index in [1.54, 1.807) is 14.2 Å². The van der Waals surface area contributed by atoms with Crippen LogP contribution >= 0.6 is 0 Å². The molecule has 90 valence electrons. The first-order valence-corrected chi connectivity index (χ1v) is 5.50. The monoisotopic (exact) mass is 226 g/mol. The number of unbranched alkanes of at least 4 members (excludes halogenated alkanes) is 1. The molecule has 0 N–H and O–H groups in total. The zero-order valence-electron chi connectivity index (χ0n) is 10.2. The highest BCUT2D eigenvalue weighted by Gasteiger charge is 2.08. The van der Waals surface area contributed by atoms with Crippen molar-refractivity contribution in [2.45, 2.75) is 26.2 Å². The van der Waals surface area contributed by atoms with Crippen molar-refractivity contribution in [1.82, 2.24) is 0 Å². The van der Waals surface area contributed by atoms with Crippen molar-refractivity contribution >= 4 is 0 Å². The van der Waals surface area contributed by atoms with E-state index in [2.05, 4.69) is 0 Å². The van der Waals surface area contributed by atoms with Gasteiger partial charge >= 0.3 is 0 Å². The largest absolute Gasteiger partial charge is 0.493 e. The van der Waals surface area contributed by atoms with E-state index in [-0.39, 0.29) is 6.67 Å². The maximum absolute atomic E-state index is 12.0. The molecule has 0 aliphatic carbocycles. The highest BCUT2D eigenvalue weighted by atomic mass is 19.1. The van der Waals surface area contributed by atoms with Gasteiger partial charge in [-0.3, -0.25) is 4.39 Å². The minimum absolute atomic E-state index is 0.244. The second kappa shape index (κ2) is 6.36. The average molecular weight is 226 g/mol. The van der Waals surface area contributed by atoms with Gasteiger partial charge in [0.25, 0.3) is 0 Å². The second-order valence-electron chi connectivity index (χ2n) is 3.78. The van der Waals surface area contributed by atoms with Gasteiger partial charge in [0.15, 0.2) is 11.5 Å². The molecule has 0 heterocycles. The minimum Gasteiger partial charge on any atom is -0.493 e. The van der Waals surface area contributed by atoms with Gasteiger partial charge in [-0.15, -0.1) is 0 Å². The van der Waals surface area contributed by atoms with E-state index in [0.29, 0.717) is 6.42 Å². The van der Waals surface area contributed by atoms with Crippen LogP contribution in [-0.2, 0) is 6.42 Å². The summed E-state index contributed by atoms with van der Waals surface area (Å²) in [6, 6.07) is 3.94. The number of aryl methyl sites for hydroxylation is 2. The van der Waals surface area contributed by atoms with Crippen molar-refractivity contribution in [2.24, 2.45) is 0 Å². The summed E-state index contributed by atoms with van der Waals surface area (Å²) in [5.41, 5.74) is 2.36. The van der Waals surface area contributed by atoms with Gasteiger partial charge in [0.1, 0.15) is 0 Å². The average Bonchev–Trinajstić information content (AvgIpc) is 2.31. The summed E-state index contributed by atoms with van der Waals surface area (Å²) in [7, 11) is 3.25. The van der Waals surface area contributed by atoms with Crippen LogP contribution in [0.5, 0.6) is 11.5 Å². The molecule has 1 aromatic carbocycles. The molecule has 1 rings (SSSR count). The summed E-state index contributed by atoms with van der Waals surface area (Å²) >= 11 is 0. The first kappa shape index (κ1) is 12.8. The minimum atomic E-state index is -0.244. The van der Waals surface area contributed by atoms with Crippen LogP contribution in [0.15, 0.2) is 12.1 Å². The number of hydrogen-bond donors (Lipinski definition) is 0. The molecule has 2 nitrogen and oxygen atoms in total. The molecule has 0 fully saturated rings. The fourth-order valence-corrected chi connectivity index (χ4v) is 1.70. The van der Waals surface area contributed by atoms with Gasteiger partial charge in [-0.1, -0.05) is 0 Å². The molecular formula is C13H19FO2. The van der Waals surface area contributed by atoms with E-state index < -0.39 is 0 Å². The first-order chi connectivity index (χ1) is 7.72. The Kier molecular flexibility index (Phi) is 5.09. The smallest absolute Gasteiger partial charge is 0.161 e. The Hall–Kier alpha value is -1.25. The standard InChI is InChI=1S/C13H19FO2/c1-10-8-12(15-2)13(16-3)9-11(10)6-4-5-7-14/h8-9H,4-7H2,1-3H3. The van der Waals surface area contributed by atoms with Crippen molar-refractivity contribution in [2.75, 3.05) is 20.9 Å². The lowest BCUT2D eigenvalue weighted by atomic mass is 10.0. The molecule has 0 atom stereocenters. The van der Waals surface area contributed by atoms with Gasteiger partial charge < -0.3 is 9.47 Å². The molecule has 0 bridgehead atoms. The van der Waals surface area contributed by atoms with Crippen LogP contribution in [0.3, 0.4) is 0 Å². The lowest BCUT2D eigenvalue weighted by molar-refractivity contribution is 0.354. The number of rotatable bonds is 6. The van der Waals surface area contributed by atoms with Gasteiger partial charge in [-0.2, -0.15) is 0 Å². The molecule has 0 saturated heterocycles. The van der Waals surface area contributed by atoms with Crippen LogP contribution in [0.2, 0.25) is 0 Å². The molecule has 0 unspecified atom stereocenters. The Balaban J connectivity index is 2.84. The Morgan fingerprint density at radius 3 is 2.25 bits per heavy atom. The Bertz CT molecular complexity index is 337. The predicted molar refractivity (Wildman–Crippen MR) is 63.2 cm³/mol. The van der Waals surface area contributed by atoms with Crippen molar-refractivity contribution in [3.05, 3.63) is 23.3 Å². The fraction of sp³-hybridized carbons (Fsp3) is 0.538. The third-order valence-electron chi connectivity index (χ3n) is 2.67. The molecule has 3 heteroatoms. The third kappa shape index (κ3) is 3.12. The number of ether oxygens (including phenoxy) is 2. The maximum Gasteiger partial charge on any atom is 0.161 e. The van der Waals surface area contributed by atoms with Gasteiger partial charge in [0.2, 0.25) is 0 Å². The van der Waals surface area contributed by atoms with Crippen LogP contribution in [0.4, 0.5) is 4.39 Å². The van der Waals surface area contributed by atoms with Crippen LogP contribution in [0.25, 0.3) is 0 Å². The van der Waals surface area contributed by atoms with Crippen molar-refractivity contribution in [3.63, 3.8) is 0 Å². The van der Waals surface area contributed by atoms with E-state index in [0.717, 1.165) is 29.9 Å².